The summed E-state index contributed by atoms with van der Waals surface area (Å²) in [6, 6.07) is 16.5. The van der Waals surface area contributed by atoms with Crippen molar-refractivity contribution in [1.82, 2.24) is 4.98 Å². The average Bonchev–Trinajstić information content (AvgIpc) is 3.33. The van der Waals surface area contributed by atoms with Crippen molar-refractivity contribution in [3.63, 3.8) is 0 Å². The number of benzene rings is 3. The minimum absolute atomic E-state index is 0.201. The molecule has 9 heteroatoms. The summed E-state index contributed by atoms with van der Waals surface area (Å²) in [5.41, 5.74) is 3.95. The number of ether oxygens (including phenoxy) is 3. The molecule has 0 radical (unpaired) electrons. The molecule has 0 aliphatic carbocycles. The molecule has 0 bridgehead atoms. The molecule has 36 heavy (non-hydrogen) atoms. The number of nitrogens with zero attached hydrogens (tertiary/aromatic N) is 3. The summed E-state index contributed by atoms with van der Waals surface area (Å²) in [7, 11) is 2.88. The number of nitriles is 1. The van der Waals surface area contributed by atoms with Gasteiger partial charge in [-0.1, -0.05) is 18.2 Å². The van der Waals surface area contributed by atoms with Crippen molar-refractivity contribution in [2.45, 2.75) is 25.6 Å². The van der Waals surface area contributed by atoms with E-state index in [4.69, 9.17) is 23.9 Å². The van der Waals surface area contributed by atoms with Crippen molar-refractivity contribution in [1.29, 1.82) is 5.26 Å². The molecule has 1 aromatic heterocycles. The number of carbonyl (C=O) groups excluding carboxylic acids is 1. The Kier molecular flexibility index (Phi) is 6.17. The molecule has 4 aromatic rings. The zero-order valence-electron chi connectivity index (χ0n) is 19.7. The smallest absolute Gasteiger partial charge is 0.329 e. The maximum Gasteiger partial charge on any atom is 0.329 e. The molecule has 1 aliphatic heterocycles. The Morgan fingerprint density at radius 1 is 1.19 bits per heavy atom. The Morgan fingerprint density at radius 2 is 2.00 bits per heavy atom. The predicted molar refractivity (Wildman–Crippen MR) is 128 cm³/mol. The van der Waals surface area contributed by atoms with Crippen LogP contribution in [0.4, 0.5) is 10.4 Å². The van der Waals surface area contributed by atoms with E-state index in [1.165, 1.54) is 25.3 Å². The first-order chi connectivity index (χ1) is 17.5. The van der Waals surface area contributed by atoms with Crippen molar-refractivity contribution in [3.05, 3.63) is 82.7 Å². The fraction of sp³-hybridized carbons (Fsp3) is 0.222. The van der Waals surface area contributed by atoms with Crippen LogP contribution in [0.25, 0.3) is 11.1 Å². The Morgan fingerprint density at radius 3 is 2.72 bits per heavy atom. The first kappa shape index (κ1) is 23.2. The Hall–Kier alpha value is -4.58. The Balaban J connectivity index is 1.50. The third-order valence-corrected chi connectivity index (χ3v) is 6.18. The van der Waals surface area contributed by atoms with Crippen molar-refractivity contribution >= 4 is 23.1 Å². The number of anilines is 1. The van der Waals surface area contributed by atoms with Gasteiger partial charge in [-0.2, -0.15) is 10.2 Å². The van der Waals surface area contributed by atoms with E-state index in [1.807, 2.05) is 24.3 Å². The maximum absolute atomic E-state index is 13.7. The molecule has 2 heterocycles. The largest absolute Gasteiger partial charge is 0.493 e. The first-order valence-electron chi connectivity index (χ1n) is 11.2. The molecule has 182 valence electrons. The molecular weight excluding hydrogens is 465 g/mol. The molecule has 8 nitrogen and oxygen atoms in total. The van der Waals surface area contributed by atoms with Gasteiger partial charge in [-0.25, -0.2) is 9.18 Å². The van der Waals surface area contributed by atoms with E-state index in [2.05, 4.69) is 11.1 Å². The van der Waals surface area contributed by atoms with Crippen molar-refractivity contribution in [2.24, 2.45) is 0 Å². The van der Waals surface area contributed by atoms with Crippen molar-refractivity contribution in [2.75, 3.05) is 19.1 Å². The van der Waals surface area contributed by atoms with Gasteiger partial charge in [-0.3, -0.25) is 0 Å². The standard InChI is InChI=1S/C27H22FN3O5/c1-33-23-10-7-18-14-31(27-30-21-9-8-19(28)11-24(21)36-27)22(26(32)34-2)12-20(18)25(23)35-15-17-5-3-16(13-29)4-6-17/h3-11,22H,12,14-15H2,1-2H3. The fourth-order valence-electron chi connectivity index (χ4n) is 4.32. The van der Waals surface area contributed by atoms with Crippen LogP contribution in [0.5, 0.6) is 11.5 Å². The summed E-state index contributed by atoms with van der Waals surface area (Å²) >= 11 is 0. The predicted octanol–water partition coefficient (Wildman–Crippen LogP) is 4.53. The number of halogens is 1. The van der Waals surface area contributed by atoms with Crippen molar-refractivity contribution < 1.29 is 27.8 Å². The van der Waals surface area contributed by atoms with Crippen LogP contribution in [0.3, 0.4) is 0 Å². The Bertz CT molecular complexity index is 1480. The molecule has 1 aliphatic rings. The Labute approximate surface area is 206 Å². The maximum atomic E-state index is 13.7. The van der Waals surface area contributed by atoms with Gasteiger partial charge >= 0.3 is 5.97 Å². The summed E-state index contributed by atoms with van der Waals surface area (Å²) < 4.78 is 36.3. The van der Waals surface area contributed by atoms with Gasteiger partial charge in [0.15, 0.2) is 17.1 Å². The van der Waals surface area contributed by atoms with E-state index in [1.54, 1.807) is 24.1 Å². The normalized spacial score (nSPS) is 14.7. The molecule has 0 amide bonds. The highest BCUT2D eigenvalue weighted by Gasteiger charge is 2.37. The van der Waals surface area contributed by atoms with E-state index in [9.17, 15) is 9.18 Å². The van der Waals surface area contributed by atoms with Crippen molar-refractivity contribution in [3.8, 4) is 17.6 Å². The molecule has 0 saturated carbocycles. The second-order valence-corrected chi connectivity index (χ2v) is 8.31. The third-order valence-electron chi connectivity index (χ3n) is 6.18. The molecule has 5 rings (SSSR count). The molecule has 0 fully saturated rings. The average molecular weight is 487 g/mol. The molecule has 0 N–H and O–H groups in total. The van der Waals surface area contributed by atoms with Crippen LogP contribution in [0, 0.1) is 17.1 Å². The number of hydrogen-bond acceptors (Lipinski definition) is 8. The highest BCUT2D eigenvalue weighted by Crippen LogP contribution is 2.40. The molecule has 1 unspecified atom stereocenters. The third kappa shape index (κ3) is 4.29. The van der Waals surface area contributed by atoms with Crippen LogP contribution in [0.15, 0.2) is 59.0 Å². The van der Waals surface area contributed by atoms with E-state index < -0.39 is 17.8 Å². The van der Waals surface area contributed by atoms with Gasteiger partial charge in [0.2, 0.25) is 0 Å². The van der Waals surface area contributed by atoms with E-state index in [0.717, 1.165) is 16.7 Å². The summed E-state index contributed by atoms with van der Waals surface area (Å²) in [6.45, 7) is 0.545. The summed E-state index contributed by atoms with van der Waals surface area (Å²) in [4.78, 5) is 19.0. The highest BCUT2D eigenvalue weighted by atomic mass is 19.1. The van der Waals surface area contributed by atoms with E-state index >= 15 is 0 Å². The van der Waals surface area contributed by atoms with E-state index in [-0.39, 0.29) is 19.0 Å². The zero-order chi connectivity index (χ0) is 25.2. The minimum Gasteiger partial charge on any atom is -0.493 e. The van der Waals surface area contributed by atoms with Gasteiger partial charge in [0.1, 0.15) is 24.0 Å². The molecule has 3 aromatic carbocycles. The monoisotopic (exact) mass is 487 g/mol. The van der Waals surface area contributed by atoms with Crippen LogP contribution in [0.1, 0.15) is 22.3 Å². The van der Waals surface area contributed by atoms with Crippen LogP contribution in [0.2, 0.25) is 0 Å². The topological polar surface area (TPSA) is 97.8 Å². The number of rotatable bonds is 6. The second kappa shape index (κ2) is 9.58. The number of oxazole rings is 1. The van der Waals surface area contributed by atoms with Gasteiger partial charge in [-0.05, 0) is 41.5 Å². The summed E-state index contributed by atoms with van der Waals surface area (Å²) in [5, 5.41) is 9.02. The van der Waals surface area contributed by atoms with Crippen LogP contribution < -0.4 is 14.4 Å². The fourth-order valence-corrected chi connectivity index (χ4v) is 4.32. The van der Waals surface area contributed by atoms with Gasteiger partial charge in [-0.15, -0.1) is 0 Å². The van der Waals surface area contributed by atoms with Crippen LogP contribution >= 0.6 is 0 Å². The SMILES string of the molecule is COC(=O)C1Cc2c(ccc(OC)c2OCc2ccc(C#N)cc2)CN1c1nc2ccc(F)cc2o1. The van der Waals surface area contributed by atoms with Gasteiger partial charge < -0.3 is 23.5 Å². The zero-order valence-corrected chi connectivity index (χ0v) is 19.7. The van der Waals surface area contributed by atoms with Gasteiger partial charge in [0.05, 0.1) is 25.9 Å². The number of esters is 1. The molecular formula is C27H22FN3O5. The quantitative estimate of drug-likeness (QED) is 0.366. The lowest BCUT2D eigenvalue weighted by Gasteiger charge is -2.35. The molecule has 0 spiro atoms. The van der Waals surface area contributed by atoms with Gasteiger partial charge in [0.25, 0.3) is 6.01 Å². The first-order valence-corrected chi connectivity index (χ1v) is 11.2. The minimum atomic E-state index is -0.746. The van der Waals surface area contributed by atoms with E-state index in [0.29, 0.717) is 34.7 Å². The molecule has 0 saturated heterocycles. The number of hydrogen-bond donors (Lipinski definition) is 0. The lowest BCUT2D eigenvalue weighted by atomic mass is 9.92. The molecule has 1 atom stereocenters. The van der Waals surface area contributed by atoms with Gasteiger partial charge in [0, 0.05) is 24.6 Å². The number of aromatic nitrogens is 1. The van der Waals surface area contributed by atoms with Crippen LogP contribution in [-0.4, -0.2) is 31.2 Å². The number of carbonyl (C=O) groups is 1. The lowest BCUT2D eigenvalue weighted by molar-refractivity contribution is -0.142. The second-order valence-electron chi connectivity index (χ2n) is 8.31. The lowest BCUT2D eigenvalue weighted by Crippen LogP contribution is -2.46. The summed E-state index contributed by atoms with van der Waals surface area (Å²) in [5.74, 6) is 0.175. The summed E-state index contributed by atoms with van der Waals surface area (Å²) in [6.07, 6.45) is 0.259. The number of fused-ring (bicyclic) bond motifs is 2. The number of methoxy groups -OCH3 is 2. The highest BCUT2D eigenvalue weighted by molar-refractivity contribution is 5.82. The van der Waals surface area contributed by atoms with Crippen LogP contribution in [-0.2, 0) is 29.1 Å².